The number of aromatic nitrogens is 3. The highest BCUT2D eigenvalue weighted by Gasteiger charge is 2.21. The summed E-state index contributed by atoms with van der Waals surface area (Å²) in [5.74, 6) is -0.516. The lowest BCUT2D eigenvalue weighted by Crippen LogP contribution is -2.30. The standard InChI is InChI=1S/C25H22N4O4/c1-15-6-3-4-9-21(15)22(12-23(30)31)27-24(32)20-11-19(13-26-14-20)17-7-5-8-18(10-17)25-29-28-16(2)33-25/h3-11,13-14,22H,12H2,1-2H3,(H,27,32)(H,30,31). The van der Waals surface area contributed by atoms with E-state index in [2.05, 4.69) is 20.5 Å². The highest BCUT2D eigenvalue weighted by atomic mass is 16.4. The van der Waals surface area contributed by atoms with Crippen LogP contribution in [-0.2, 0) is 4.79 Å². The molecule has 0 radical (unpaired) electrons. The van der Waals surface area contributed by atoms with Gasteiger partial charge in [-0.25, -0.2) is 0 Å². The minimum atomic E-state index is -0.997. The predicted molar refractivity (Wildman–Crippen MR) is 121 cm³/mol. The third kappa shape index (κ3) is 5.12. The molecule has 2 N–H and O–H groups in total. The molecule has 2 aromatic heterocycles. The number of carbonyl (C=O) groups is 2. The Morgan fingerprint density at radius 1 is 0.970 bits per heavy atom. The quantitative estimate of drug-likeness (QED) is 0.436. The summed E-state index contributed by atoms with van der Waals surface area (Å²) in [6.07, 6.45) is 2.89. The molecule has 1 unspecified atom stereocenters. The molecule has 33 heavy (non-hydrogen) atoms. The fourth-order valence-electron chi connectivity index (χ4n) is 3.60. The molecule has 2 heterocycles. The molecule has 4 aromatic rings. The van der Waals surface area contributed by atoms with Crippen molar-refractivity contribution in [1.29, 1.82) is 0 Å². The fourth-order valence-corrected chi connectivity index (χ4v) is 3.60. The molecule has 8 heteroatoms. The van der Waals surface area contributed by atoms with Gasteiger partial charge in [-0.05, 0) is 41.8 Å². The predicted octanol–water partition coefficient (Wildman–Crippen LogP) is 4.36. The average molecular weight is 442 g/mol. The molecule has 0 aliphatic carbocycles. The van der Waals surface area contributed by atoms with Crippen molar-refractivity contribution < 1.29 is 19.1 Å². The molecular formula is C25H22N4O4. The third-order valence-electron chi connectivity index (χ3n) is 5.22. The molecule has 0 aliphatic rings. The lowest BCUT2D eigenvalue weighted by Gasteiger charge is -2.19. The van der Waals surface area contributed by atoms with Gasteiger partial charge in [-0.15, -0.1) is 10.2 Å². The van der Waals surface area contributed by atoms with Crippen LogP contribution in [0.25, 0.3) is 22.6 Å². The lowest BCUT2D eigenvalue weighted by atomic mass is 9.98. The van der Waals surface area contributed by atoms with E-state index in [0.717, 1.165) is 27.8 Å². The number of rotatable bonds is 7. The second-order valence-corrected chi connectivity index (χ2v) is 7.65. The first kappa shape index (κ1) is 21.9. The van der Waals surface area contributed by atoms with Crippen molar-refractivity contribution in [3.63, 3.8) is 0 Å². The molecule has 0 spiro atoms. The van der Waals surface area contributed by atoms with Gasteiger partial charge in [-0.2, -0.15) is 0 Å². The number of pyridine rings is 1. The number of aliphatic carboxylic acids is 1. The van der Waals surface area contributed by atoms with E-state index in [4.69, 9.17) is 4.42 Å². The molecule has 1 amide bonds. The Morgan fingerprint density at radius 3 is 2.48 bits per heavy atom. The summed E-state index contributed by atoms with van der Waals surface area (Å²) in [5.41, 5.74) is 4.31. The minimum Gasteiger partial charge on any atom is -0.481 e. The Balaban J connectivity index is 1.60. The van der Waals surface area contributed by atoms with Crippen LogP contribution in [0.5, 0.6) is 0 Å². The van der Waals surface area contributed by atoms with Crippen LogP contribution in [0.4, 0.5) is 0 Å². The summed E-state index contributed by atoms with van der Waals surface area (Å²) in [6, 6.07) is 16.0. The van der Waals surface area contributed by atoms with Gasteiger partial charge in [0.2, 0.25) is 11.8 Å². The van der Waals surface area contributed by atoms with E-state index in [1.807, 2.05) is 55.5 Å². The van der Waals surface area contributed by atoms with Crippen molar-refractivity contribution in [3.05, 3.63) is 89.6 Å². The van der Waals surface area contributed by atoms with Gasteiger partial charge in [0, 0.05) is 30.4 Å². The van der Waals surface area contributed by atoms with E-state index in [1.165, 1.54) is 6.20 Å². The van der Waals surface area contributed by atoms with Crippen molar-refractivity contribution in [2.24, 2.45) is 0 Å². The molecule has 0 bridgehead atoms. The monoisotopic (exact) mass is 442 g/mol. The van der Waals surface area contributed by atoms with E-state index < -0.39 is 17.9 Å². The molecule has 1 atom stereocenters. The van der Waals surface area contributed by atoms with Crippen LogP contribution in [0.15, 0.2) is 71.4 Å². The van der Waals surface area contributed by atoms with Gasteiger partial charge in [0.15, 0.2) is 0 Å². The number of hydrogen-bond acceptors (Lipinski definition) is 6. The van der Waals surface area contributed by atoms with Crippen LogP contribution in [0.2, 0.25) is 0 Å². The Hall–Kier alpha value is -4.33. The molecule has 0 fully saturated rings. The van der Waals surface area contributed by atoms with E-state index in [-0.39, 0.29) is 6.42 Å². The second-order valence-electron chi connectivity index (χ2n) is 7.65. The fraction of sp³-hybridized carbons (Fsp3) is 0.160. The maximum absolute atomic E-state index is 13.0. The maximum Gasteiger partial charge on any atom is 0.305 e. The number of hydrogen-bond donors (Lipinski definition) is 2. The summed E-state index contributed by atoms with van der Waals surface area (Å²) in [5, 5.41) is 20.1. The van der Waals surface area contributed by atoms with Crippen molar-refractivity contribution in [1.82, 2.24) is 20.5 Å². The lowest BCUT2D eigenvalue weighted by molar-refractivity contribution is -0.137. The van der Waals surface area contributed by atoms with Gasteiger partial charge in [-0.1, -0.05) is 36.4 Å². The van der Waals surface area contributed by atoms with Crippen LogP contribution in [0.1, 0.15) is 39.8 Å². The van der Waals surface area contributed by atoms with Crippen LogP contribution in [0, 0.1) is 13.8 Å². The van der Waals surface area contributed by atoms with Crippen molar-refractivity contribution in [3.8, 4) is 22.6 Å². The molecule has 8 nitrogen and oxygen atoms in total. The number of nitrogens with one attached hydrogen (secondary N) is 1. The van der Waals surface area contributed by atoms with Crippen molar-refractivity contribution >= 4 is 11.9 Å². The molecular weight excluding hydrogens is 420 g/mol. The van der Waals surface area contributed by atoms with Gasteiger partial charge in [0.1, 0.15) is 0 Å². The topological polar surface area (TPSA) is 118 Å². The van der Waals surface area contributed by atoms with Crippen LogP contribution < -0.4 is 5.32 Å². The third-order valence-corrected chi connectivity index (χ3v) is 5.22. The smallest absolute Gasteiger partial charge is 0.305 e. The normalized spacial score (nSPS) is 11.7. The Morgan fingerprint density at radius 2 is 1.76 bits per heavy atom. The summed E-state index contributed by atoms with van der Waals surface area (Å²) >= 11 is 0. The van der Waals surface area contributed by atoms with Gasteiger partial charge >= 0.3 is 5.97 Å². The zero-order valence-corrected chi connectivity index (χ0v) is 18.1. The first-order chi connectivity index (χ1) is 15.9. The van der Waals surface area contributed by atoms with Gasteiger partial charge in [0.05, 0.1) is 18.0 Å². The van der Waals surface area contributed by atoms with E-state index in [9.17, 15) is 14.7 Å². The largest absolute Gasteiger partial charge is 0.481 e. The summed E-state index contributed by atoms with van der Waals surface area (Å²) in [4.78, 5) is 28.7. The number of aryl methyl sites for hydroxylation is 2. The molecule has 2 aromatic carbocycles. The van der Waals surface area contributed by atoms with Crippen LogP contribution in [-0.4, -0.2) is 32.2 Å². The van der Waals surface area contributed by atoms with E-state index >= 15 is 0 Å². The van der Waals surface area contributed by atoms with Gasteiger partial charge in [-0.3, -0.25) is 14.6 Å². The van der Waals surface area contributed by atoms with Gasteiger partial charge < -0.3 is 14.8 Å². The SMILES string of the molecule is Cc1nnc(-c2cccc(-c3cncc(C(=O)NC(CC(=O)O)c4ccccc4C)c3)c2)o1. The summed E-state index contributed by atoms with van der Waals surface area (Å²) in [6.45, 7) is 3.61. The highest BCUT2D eigenvalue weighted by molar-refractivity contribution is 5.95. The molecule has 166 valence electrons. The summed E-state index contributed by atoms with van der Waals surface area (Å²) < 4.78 is 5.50. The van der Waals surface area contributed by atoms with Crippen molar-refractivity contribution in [2.75, 3.05) is 0 Å². The van der Waals surface area contributed by atoms with Crippen molar-refractivity contribution in [2.45, 2.75) is 26.3 Å². The number of nitrogens with zero attached hydrogens (tertiary/aromatic N) is 3. The molecule has 0 saturated heterocycles. The van der Waals surface area contributed by atoms with Crippen LogP contribution in [0.3, 0.4) is 0 Å². The minimum absolute atomic E-state index is 0.227. The number of amides is 1. The Bertz CT molecular complexity index is 1320. The first-order valence-electron chi connectivity index (χ1n) is 10.3. The molecule has 0 saturated carbocycles. The molecule has 4 rings (SSSR count). The molecule has 0 aliphatic heterocycles. The highest BCUT2D eigenvalue weighted by Crippen LogP contribution is 2.26. The van der Waals surface area contributed by atoms with Gasteiger partial charge in [0.25, 0.3) is 5.91 Å². The number of carboxylic acids is 1. The second kappa shape index (κ2) is 9.44. The Kier molecular flexibility index (Phi) is 6.26. The maximum atomic E-state index is 13.0. The Labute approximate surface area is 190 Å². The van der Waals surface area contributed by atoms with E-state index in [0.29, 0.717) is 17.3 Å². The number of benzene rings is 2. The van der Waals surface area contributed by atoms with Crippen LogP contribution >= 0.6 is 0 Å². The summed E-state index contributed by atoms with van der Waals surface area (Å²) in [7, 11) is 0. The van der Waals surface area contributed by atoms with E-state index in [1.54, 1.807) is 19.2 Å². The number of carboxylic acid groups (broad SMARTS) is 1. The zero-order chi connectivity index (χ0) is 23.4. The first-order valence-corrected chi connectivity index (χ1v) is 10.3. The average Bonchev–Trinajstić information content (AvgIpc) is 3.25. The number of carbonyl (C=O) groups excluding carboxylic acids is 1. The zero-order valence-electron chi connectivity index (χ0n) is 18.1.